The maximum absolute atomic E-state index is 14.0. The van der Waals surface area contributed by atoms with E-state index in [0.717, 1.165) is 20.8 Å². The van der Waals surface area contributed by atoms with Gasteiger partial charge in [0.25, 0.3) is 0 Å². The van der Waals surface area contributed by atoms with Gasteiger partial charge in [0.1, 0.15) is 0 Å². The van der Waals surface area contributed by atoms with E-state index in [4.69, 9.17) is 0 Å². The second-order valence-electron chi connectivity index (χ2n) is 4.19. The topological polar surface area (TPSA) is 18.5 Å². The van der Waals surface area contributed by atoms with Gasteiger partial charge >= 0.3 is 32.1 Å². The van der Waals surface area contributed by atoms with Crippen molar-refractivity contribution in [1.82, 2.24) is 0 Å². The Balaban J connectivity index is 6.13. The van der Waals surface area contributed by atoms with E-state index in [9.17, 15) is 39.5 Å². The van der Waals surface area contributed by atoms with Crippen LogP contribution in [0.3, 0.4) is 0 Å². The van der Waals surface area contributed by atoms with Crippen LogP contribution in [0.1, 0.15) is 20.8 Å². The lowest BCUT2D eigenvalue weighted by atomic mass is 10.1. The van der Waals surface area contributed by atoms with Crippen LogP contribution in [-0.4, -0.2) is 45.3 Å². The van der Waals surface area contributed by atoms with Crippen LogP contribution in [0.25, 0.3) is 0 Å². The van der Waals surface area contributed by atoms with Crippen LogP contribution in [0.2, 0.25) is 6.04 Å². The highest BCUT2D eigenvalue weighted by molar-refractivity contribution is 6.70. The molecule has 0 unspecified atom stereocenters. The molecule has 0 rings (SSSR count). The van der Waals surface area contributed by atoms with E-state index in [0.29, 0.717) is 0 Å². The Morgan fingerprint density at radius 2 is 1.05 bits per heavy atom. The number of rotatable bonds is 8. The Morgan fingerprint density at radius 3 is 1.27 bits per heavy atom. The van der Waals surface area contributed by atoms with Crippen molar-refractivity contribution >= 4 is 8.56 Å². The molecule has 0 aliphatic carbocycles. The molecule has 0 saturated carbocycles. The van der Waals surface area contributed by atoms with Crippen molar-refractivity contribution in [2.24, 2.45) is 0 Å². The van der Waals surface area contributed by atoms with Gasteiger partial charge in [0.2, 0.25) is 0 Å². The zero-order chi connectivity index (χ0) is 18.0. The molecule has 0 spiro atoms. The first-order valence-corrected chi connectivity index (χ1v) is 8.18. The summed E-state index contributed by atoms with van der Waals surface area (Å²) < 4.78 is 126. The standard InChI is InChI=1S/C10H15F9O2Si/c1-4-20-22(6-3,21-5-2)10(18,19)8(13,14)7(11,12)9(15,16)17/h4-6H2,1-3H3. The minimum absolute atomic E-state index is 0.608. The van der Waals surface area contributed by atoms with Crippen LogP contribution in [0.5, 0.6) is 0 Å². The number of hydrogen-bond donors (Lipinski definition) is 0. The van der Waals surface area contributed by atoms with Gasteiger partial charge in [-0.2, -0.15) is 39.5 Å². The highest BCUT2D eigenvalue weighted by Crippen LogP contribution is 2.56. The van der Waals surface area contributed by atoms with Crippen molar-refractivity contribution in [3.63, 3.8) is 0 Å². The van der Waals surface area contributed by atoms with Crippen LogP contribution in [-0.2, 0) is 8.85 Å². The van der Waals surface area contributed by atoms with Crippen molar-refractivity contribution in [3.8, 4) is 0 Å². The third-order valence-electron chi connectivity index (χ3n) is 2.84. The number of alkyl halides is 9. The third-order valence-corrected chi connectivity index (χ3v) is 6.56. The summed E-state index contributed by atoms with van der Waals surface area (Å²) in [6.45, 7) is 1.89. The molecule has 0 N–H and O–H groups in total. The highest BCUT2D eigenvalue weighted by Gasteiger charge is 2.87. The molecular formula is C10H15F9O2Si. The molecule has 12 heteroatoms. The fourth-order valence-corrected chi connectivity index (χ4v) is 4.60. The molecule has 0 fully saturated rings. The molecule has 0 aliphatic rings. The predicted molar refractivity (Wildman–Crippen MR) is 60.4 cm³/mol. The van der Waals surface area contributed by atoms with E-state index < -0.39 is 51.4 Å². The van der Waals surface area contributed by atoms with Crippen LogP contribution < -0.4 is 0 Å². The van der Waals surface area contributed by atoms with Crippen LogP contribution in [0.4, 0.5) is 39.5 Å². The zero-order valence-corrected chi connectivity index (χ0v) is 12.8. The Morgan fingerprint density at radius 1 is 0.682 bits per heavy atom. The number of hydrogen-bond acceptors (Lipinski definition) is 2. The zero-order valence-electron chi connectivity index (χ0n) is 11.8. The fourth-order valence-electron chi connectivity index (χ4n) is 1.73. The van der Waals surface area contributed by atoms with Crippen molar-refractivity contribution < 1.29 is 48.4 Å². The van der Waals surface area contributed by atoms with E-state index in [1.807, 2.05) is 0 Å². The first-order chi connectivity index (χ1) is 9.68. The Kier molecular flexibility index (Phi) is 6.41. The first kappa shape index (κ1) is 21.5. The normalized spacial score (nSPS) is 15.3. The van der Waals surface area contributed by atoms with E-state index in [1.165, 1.54) is 0 Å². The van der Waals surface area contributed by atoms with Gasteiger partial charge in [-0.3, -0.25) is 0 Å². The van der Waals surface area contributed by atoms with Gasteiger partial charge in [-0.1, -0.05) is 6.92 Å². The second-order valence-corrected chi connectivity index (χ2v) is 7.61. The summed E-state index contributed by atoms with van der Waals surface area (Å²) in [6.07, 6.45) is -6.85. The van der Waals surface area contributed by atoms with E-state index in [2.05, 4.69) is 8.85 Å². The molecule has 0 aromatic rings. The second kappa shape index (κ2) is 6.55. The SMILES string of the molecule is CCO[Si](CC)(OCC)C(F)(F)C(F)(F)C(F)(F)C(F)(F)F. The molecule has 0 amide bonds. The van der Waals surface area contributed by atoms with Gasteiger partial charge in [-0.25, -0.2) is 0 Å². The summed E-state index contributed by atoms with van der Waals surface area (Å²) in [7, 11) is -5.38. The largest absolute Gasteiger partial charge is 0.460 e. The molecule has 0 heterocycles. The smallest absolute Gasteiger partial charge is 0.391 e. The lowest BCUT2D eigenvalue weighted by molar-refractivity contribution is -0.387. The number of halogens is 9. The lowest BCUT2D eigenvalue weighted by Gasteiger charge is -2.41. The summed E-state index contributed by atoms with van der Waals surface area (Å²) in [5.41, 5.74) is -5.81. The lowest BCUT2D eigenvalue weighted by Crippen LogP contribution is -2.72. The summed E-state index contributed by atoms with van der Waals surface area (Å²) in [5, 5.41) is 0. The molecule has 0 radical (unpaired) electrons. The molecule has 0 saturated heterocycles. The van der Waals surface area contributed by atoms with Gasteiger partial charge in [0.15, 0.2) is 0 Å². The van der Waals surface area contributed by atoms with Crippen molar-refractivity contribution in [1.29, 1.82) is 0 Å². The summed E-state index contributed by atoms with van der Waals surface area (Å²) in [4.78, 5) is 0. The quantitative estimate of drug-likeness (QED) is 0.464. The molecule has 134 valence electrons. The van der Waals surface area contributed by atoms with Gasteiger partial charge in [-0.15, -0.1) is 0 Å². The monoisotopic (exact) mass is 366 g/mol. The van der Waals surface area contributed by atoms with Crippen LogP contribution >= 0.6 is 0 Å². The van der Waals surface area contributed by atoms with E-state index >= 15 is 0 Å². The molecule has 0 atom stereocenters. The van der Waals surface area contributed by atoms with Crippen LogP contribution in [0, 0.1) is 0 Å². The summed E-state index contributed by atoms with van der Waals surface area (Å²) in [5.74, 6) is -13.7. The van der Waals surface area contributed by atoms with E-state index in [-0.39, 0.29) is 0 Å². The average Bonchev–Trinajstić information content (AvgIpc) is 2.36. The fraction of sp³-hybridized carbons (Fsp3) is 1.00. The van der Waals surface area contributed by atoms with Crippen molar-refractivity contribution in [3.05, 3.63) is 0 Å². The van der Waals surface area contributed by atoms with Gasteiger partial charge in [0, 0.05) is 13.2 Å². The van der Waals surface area contributed by atoms with Gasteiger partial charge in [-0.05, 0) is 19.9 Å². The van der Waals surface area contributed by atoms with Crippen LogP contribution in [0.15, 0.2) is 0 Å². The highest BCUT2D eigenvalue weighted by atomic mass is 28.4. The van der Waals surface area contributed by atoms with Crippen molar-refractivity contribution in [2.75, 3.05) is 13.2 Å². The summed E-state index contributed by atoms with van der Waals surface area (Å²) in [6, 6.07) is -0.939. The van der Waals surface area contributed by atoms with Crippen molar-refractivity contribution in [2.45, 2.75) is 50.4 Å². The van der Waals surface area contributed by atoms with Gasteiger partial charge in [0.05, 0.1) is 0 Å². The maximum atomic E-state index is 14.0. The molecule has 22 heavy (non-hydrogen) atoms. The minimum atomic E-state index is -6.94. The van der Waals surface area contributed by atoms with Gasteiger partial charge < -0.3 is 8.85 Å². The molecular weight excluding hydrogens is 351 g/mol. The van der Waals surface area contributed by atoms with E-state index in [1.54, 1.807) is 0 Å². The molecule has 2 nitrogen and oxygen atoms in total. The molecule has 0 bridgehead atoms. The first-order valence-electron chi connectivity index (χ1n) is 6.16. The average molecular weight is 366 g/mol. The third kappa shape index (κ3) is 3.09. The predicted octanol–water partition coefficient (Wildman–Crippen LogP) is 4.53. The molecule has 0 aliphatic heterocycles. The minimum Gasteiger partial charge on any atom is -0.391 e. The Labute approximate surface area is 121 Å². The maximum Gasteiger partial charge on any atom is 0.460 e. The Bertz CT molecular complexity index is 364. The molecule has 0 aromatic heterocycles. The molecule has 0 aromatic carbocycles. The Hall–Kier alpha value is -0.493. The summed E-state index contributed by atoms with van der Waals surface area (Å²) >= 11 is 0.